The van der Waals surface area contributed by atoms with Crippen LogP contribution in [0.15, 0.2) is 24.3 Å². The van der Waals surface area contributed by atoms with Crippen molar-refractivity contribution in [3.63, 3.8) is 0 Å². The van der Waals surface area contributed by atoms with Crippen molar-refractivity contribution in [3.05, 3.63) is 30.1 Å². The fourth-order valence-corrected chi connectivity index (χ4v) is 7.04. The maximum Gasteiger partial charge on any atom is 0.217 e. The lowest BCUT2D eigenvalue weighted by atomic mass is 10.3. The normalized spacial score (nSPS) is 21.2. The second-order valence-electron chi connectivity index (χ2n) is 5.84. The van der Waals surface area contributed by atoms with Gasteiger partial charge in [-0.3, -0.25) is 0 Å². The zero-order valence-corrected chi connectivity index (χ0v) is 14.4. The van der Waals surface area contributed by atoms with Crippen LogP contribution in [0.25, 0.3) is 11.0 Å². The maximum absolute atomic E-state index is 12.4. The Hall–Kier alpha value is -1.45. The first-order chi connectivity index (χ1) is 10.8. The lowest BCUT2D eigenvalue weighted by Crippen LogP contribution is -2.38. The van der Waals surface area contributed by atoms with Gasteiger partial charge in [0.15, 0.2) is 9.84 Å². The second-order valence-corrected chi connectivity index (χ2v) is 10.4. The number of fused-ring (bicyclic) bond motifs is 1. The molecule has 0 spiro atoms. The first-order valence-electron chi connectivity index (χ1n) is 7.37. The summed E-state index contributed by atoms with van der Waals surface area (Å²) in [7, 11) is -5.33. The van der Waals surface area contributed by atoms with Crippen LogP contribution in [0.2, 0.25) is 0 Å². The molecule has 0 bridgehead atoms. The number of aromatic nitrogens is 2. The first-order valence-corrected chi connectivity index (χ1v) is 10.7. The fraction of sp³-hybridized carbons (Fsp3) is 0.500. The molecule has 1 aliphatic rings. The molecule has 0 unspecified atom stereocenters. The topological polar surface area (TPSA) is 100 Å². The molecule has 1 aromatic heterocycles. The SMILES string of the molecule is CN(CCc1nc2ccccc2[nH]1)S(=O)(=O)[C@H]1CCS(=O)(=O)C1. The van der Waals surface area contributed by atoms with Crippen molar-refractivity contribution in [1.29, 1.82) is 0 Å². The van der Waals surface area contributed by atoms with Gasteiger partial charge in [-0.05, 0) is 18.6 Å². The molecular weight excluding hydrogens is 338 g/mol. The zero-order chi connectivity index (χ0) is 16.7. The summed E-state index contributed by atoms with van der Waals surface area (Å²) in [6.07, 6.45) is 0.628. The molecule has 1 N–H and O–H groups in total. The number of hydrogen-bond acceptors (Lipinski definition) is 5. The van der Waals surface area contributed by atoms with Crippen LogP contribution in [0.3, 0.4) is 0 Å². The van der Waals surface area contributed by atoms with Gasteiger partial charge in [0.2, 0.25) is 10.0 Å². The Morgan fingerprint density at radius 3 is 2.74 bits per heavy atom. The monoisotopic (exact) mass is 357 g/mol. The van der Waals surface area contributed by atoms with Gasteiger partial charge in [0.25, 0.3) is 0 Å². The van der Waals surface area contributed by atoms with Crippen LogP contribution in [0.5, 0.6) is 0 Å². The van der Waals surface area contributed by atoms with E-state index in [0.29, 0.717) is 12.2 Å². The molecule has 23 heavy (non-hydrogen) atoms. The van der Waals surface area contributed by atoms with E-state index in [-0.39, 0.29) is 24.5 Å². The standard InChI is InChI=1S/C14H19N3O4S2/c1-17(23(20,21)11-7-9-22(18,19)10-11)8-6-14-15-12-4-2-3-5-13(12)16-14/h2-5,11H,6-10H2,1H3,(H,15,16)/t11-/m0/s1. The minimum Gasteiger partial charge on any atom is -0.342 e. The van der Waals surface area contributed by atoms with E-state index in [1.54, 1.807) is 0 Å². The third-order valence-electron chi connectivity index (χ3n) is 4.15. The third kappa shape index (κ3) is 3.41. The van der Waals surface area contributed by atoms with Crippen molar-refractivity contribution in [3.8, 4) is 0 Å². The molecular formula is C14H19N3O4S2. The minimum atomic E-state index is -3.60. The van der Waals surface area contributed by atoms with Crippen LogP contribution >= 0.6 is 0 Å². The number of imidazole rings is 1. The van der Waals surface area contributed by atoms with Gasteiger partial charge < -0.3 is 4.98 Å². The molecule has 9 heteroatoms. The number of sulfonamides is 1. The molecule has 0 radical (unpaired) electrons. The van der Waals surface area contributed by atoms with Gasteiger partial charge in [0.1, 0.15) is 5.82 Å². The maximum atomic E-state index is 12.4. The molecule has 0 saturated carbocycles. The molecule has 2 heterocycles. The van der Waals surface area contributed by atoms with E-state index < -0.39 is 25.1 Å². The Labute approximate surface area is 135 Å². The summed E-state index contributed by atoms with van der Waals surface area (Å²) in [5.41, 5.74) is 1.75. The van der Waals surface area contributed by atoms with Gasteiger partial charge in [0, 0.05) is 20.0 Å². The highest BCUT2D eigenvalue weighted by atomic mass is 32.2. The van der Waals surface area contributed by atoms with Crippen LogP contribution in [0.4, 0.5) is 0 Å². The predicted octanol–water partition coefficient (Wildman–Crippen LogP) is 0.554. The molecule has 1 aliphatic heterocycles. The summed E-state index contributed by atoms with van der Waals surface area (Å²) in [5, 5.41) is -0.826. The Balaban J connectivity index is 1.67. The first kappa shape index (κ1) is 16.4. The number of hydrogen-bond donors (Lipinski definition) is 1. The summed E-state index contributed by atoms with van der Waals surface area (Å²) in [4.78, 5) is 7.57. The van der Waals surface area contributed by atoms with E-state index in [1.807, 2.05) is 24.3 Å². The number of nitrogens with zero attached hydrogens (tertiary/aromatic N) is 2. The van der Waals surface area contributed by atoms with Gasteiger partial charge in [-0.15, -0.1) is 0 Å². The summed E-state index contributed by atoms with van der Waals surface area (Å²) in [6, 6.07) is 7.60. The van der Waals surface area contributed by atoms with E-state index in [0.717, 1.165) is 11.0 Å². The highest BCUT2D eigenvalue weighted by Gasteiger charge is 2.39. The summed E-state index contributed by atoms with van der Waals surface area (Å²) >= 11 is 0. The molecule has 1 aromatic carbocycles. The van der Waals surface area contributed by atoms with Gasteiger partial charge >= 0.3 is 0 Å². The molecule has 3 rings (SSSR count). The van der Waals surface area contributed by atoms with Crippen molar-refractivity contribution < 1.29 is 16.8 Å². The average molecular weight is 357 g/mol. The number of benzene rings is 1. The van der Waals surface area contributed by atoms with E-state index in [9.17, 15) is 16.8 Å². The Kier molecular flexibility index (Phi) is 4.19. The van der Waals surface area contributed by atoms with Crippen molar-refractivity contribution in [2.45, 2.75) is 18.1 Å². The fourth-order valence-electron chi connectivity index (χ4n) is 2.76. The number of likely N-dealkylation sites (N-methyl/N-ethyl adjacent to an activating group) is 1. The average Bonchev–Trinajstić information content (AvgIpc) is 3.07. The molecule has 2 aromatic rings. The summed E-state index contributed by atoms with van der Waals surface area (Å²) in [6.45, 7) is 0.263. The van der Waals surface area contributed by atoms with Gasteiger partial charge in [0.05, 0.1) is 27.8 Å². The number of para-hydroxylation sites is 2. The van der Waals surface area contributed by atoms with Gasteiger partial charge in [-0.25, -0.2) is 26.1 Å². The van der Waals surface area contributed by atoms with Crippen LogP contribution in [0.1, 0.15) is 12.2 Å². The molecule has 126 valence electrons. The number of sulfone groups is 1. The predicted molar refractivity (Wildman–Crippen MR) is 88.4 cm³/mol. The smallest absolute Gasteiger partial charge is 0.217 e. The number of nitrogens with one attached hydrogen (secondary N) is 1. The highest BCUT2D eigenvalue weighted by molar-refractivity contribution is 7.95. The second kappa shape index (κ2) is 5.88. The van der Waals surface area contributed by atoms with Crippen molar-refractivity contribution in [2.75, 3.05) is 25.1 Å². The summed E-state index contributed by atoms with van der Waals surface area (Å²) < 4.78 is 49.1. The highest BCUT2D eigenvalue weighted by Crippen LogP contribution is 2.21. The Morgan fingerprint density at radius 1 is 1.35 bits per heavy atom. The molecule has 7 nitrogen and oxygen atoms in total. The third-order valence-corrected chi connectivity index (χ3v) is 8.42. The summed E-state index contributed by atoms with van der Waals surface area (Å²) in [5.74, 6) is 0.394. The lowest BCUT2D eigenvalue weighted by Gasteiger charge is -2.20. The molecule has 0 amide bonds. The van der Waals surface area contributed by atoms with Crippen molar-refractivity contribution in [2.24, 2.45) is 0 Å². The molecule has 0 aliphatic carbocycles. The number of rotatable bonds is 5. The quantitative estimate of drug-likeness (QED) is 0.842. The van der Waals surface area contributed by atoms with E-state index in [1.165, 1.54) is 11.4 Å². The number of H-pyrrole nitrogens is 1. The largest absolute Gasteiger partial charge is 0.342 e. The minimum absolute atomic E-state index is 0.0473. The van der Waals surface area contributed by atoms with Crippen LogP contribution in [0, 0.1) is 0 Å². The zero-order valence-electron chi connectivity index (χ0n) is 12.8. The number of aromatic amines is 1. The van der Waals surface area contributed by atoms with Crippen molar-refractivity contribution in [1.82, 2.24) is 14.3 Å². The van der Waals surface area contributed by atoms with Gasteiger partial charge in [-0.1, -0.05) is 12.1 Å². The molecule has 1 fully saturated rings. The van der Waals surface area contributed by atoms with Crippen LogP contribution in [-0.2, 0) is 26.3 Å². The van der Waals surface area contributed by atoms with Crippen LogP contribution in [-0.4, -0.2) is 61.5 Å². The lowest BCUT2D eigenvalue weighted by molar-refractivity contribution is 0.461. The van der Waals surface area contributed by atoms with E-state index in [2.05, 4.69) is 9.97 Å². The van der Waals surface area contributed by atoms with E-state index in [4.69, 9.17) is 0 Å². The Morgan fingerprint density at radius 2 is 2.09 bits per heavy atom. The molecule has 1 saturated heterocycles. The van der Waals surface area contributed by atoms with E-state index >= 15 is 0 Å². The van der Waals surface area contributed by atoms with Crippen molar-refractivity contribution >= 4 is 30.9 Å². The van der Waals surface area contributed by atoms with Crippen LogP contribution < -0.4 is 0 Å². The Bertz CT molecular complexity index is 885. The van der Waals surface area contributed by atoms with Gasteiger partial charge in [-0.2, -0.15) is 0 Å². The molecule has 1 atom stereocenters.